The molecule has 0 unspecified atom stereocenters. The number of amides is 1. The number of rotatable bonds is 4. The summed E-state index contributed by atoms with van der Waals surface area (Å²) < 4.78 is 10.1. The number of benzene rings is 1. The fraction of sp³-hybridized carbons (Fsp3) is 0.429. The lowest BCUT2D eigenvalue weighted by Gasteiger charge is -2.22. The Morgan fingerprint density at radius 1 is 1.38 bits per heavy atom. The van der Waals surface area contributed by atoms with Crippen molar-refractivity contribution in [2.75, 3.05) is 25.6 Å². The number of carbonyl (C=O) groups is 2. The zero-order chi connectivity index (χ0) is 15.2. The second-order valence-corrected chi connectivity index (χ2v) is 5.17. The van der Waals surface area contributed by atoms with Gasteiger partial charge in [-0.15, -0.1) is 0 Å². The van der Waals surface area contributed by atoms with Crippen molar-refractivity contribution in [2.24, 2.45) is 0 Å². The predicted octanol–water partition coefficient (Wildman–Crippen LogP) is 1.37. The summed E-state index contributed by atoms with van der Waals surface area (Å²) in [5.74, 6) is -0.934. The molecule has 0 aliphatic carbocycles. The van der Waals surface area contributed by atoms with Gasteiger partial charge in [0.05, 0.1) is 16.3 Å². The molecular weight excluding hydrogens is 296 g/mol. The van der Waals surface area contributed by atoms with Crippen LogP contribution in [0.3, 0.4) is 0 Å². The van der Waals surface area contributed by atoms with Crippen molar-refractivity contribution in [2.45, 2.75) is 18.9 Å². The molecule has 1 amide bonds. The Bertz CT molecular complexity index is 530. The molecule has 0 atom stereocenters. The number of carbonyl (C=O) groups excluding carboxylic acids is 2. The quantitative estimate of drug-likeness (QED) is 0.647. The zero-order valence-electron chi connectivity index (χ0n) is 11.4. The Morgan fingerprint density at radius 2 is 2.10 bits per heavy atom. The smallest absolute Gasteiger partial charge is 0.338 e. The molecule has 0 aromatic heterocycles. The van der Waals surface area contributed by atoms with Crippen molar-refractivity contribution >= 4 is 29.2 Å². The molecule has 0 spiro atoms. The molecule has 1 saturated heterocycles. The van der Waals surface area contributed by atoms with E-state index in [2.05, 4.69) is 5.32 Å². The summed E-state index contributed by atoms with van der Waals surface area (Å²) in [6.45, 7) is 0.946. The highest BCUT2D eigenvalue weighted by Crippen LogP contribution is 2.20. The number of nitrogens with two attached hydrogens (primary N) is 1. The summed E-state index contributed by atoms with van der Waals surface area (Å²) >= 11 is 5.83. The van der Waals surface area contributed by atoms with Crippen LogP contribution in [0.25, 0.3) is 0 Å². The van der Waals surface area contributed by atoms with Gasteiger partial charge in [-0.2, -0.15) is 0 Å². The van der Waals surface area contributed by atoms with E-state index in [0.29, 0.717) is 18.9 Å². The maximum absolute atomic E-state index is 11.8. The number of nitrogen functional groups attached to an aromatic ring is 1. The summed E-state index contributed by atoms with van der Waals surface area (Å²) in [4.78, 5) is 23.5. The second kappa shape index (κ2) is 7.28. The highest BCUT2D eigenvalue weighted by atomic mass is 35.5. The summed E-state index contributed by atoms with van der Waals surface area (Å²) in [7, 11) is 0. The predicted molar refractivity (Wildman–Crippen MR) is 78.1 cm³/mol. The van der Waals surface area contributed by atoms with E-state index in [1.54, 1.807) is 0 Å². The van der Waals surface area contributed by atoms with Crippen LogP contribution < -0.4 is 11.1 Å². The first-order valence-corrected chi connectivity index (χ1v) is 7.03. The second-order valence-electron chi connectivity index (χ2n) is 4.77. The molecule has 3 N–H and O–H groups in total. The van der Waals surface area contributed by atoms with E-state index in [1.165, 1.54) is 18.2 Å². The fourth-order valence-electron chi connectivity index (χ4n) is 1.98. The molecule has 1 heterocycles. The highest BCUT2D eigenvalue weighted by Gasteiger charge is 2.17. The number of nitrogens with one attached hydrogen (secondary N) is 1. The lowest BCUT2D eigenvalue weighted by atomic mass is 10.1. The third kappa shape index (κ3) is 4.61. The van der Waals surface area contributed by atoms with Crippen LogP contribution >= 0.6 is 11.6 Å². The van der Waals surface area contributed by atoms with Crippen molar-refractivity contribution in [1.29, 1.82) is 0 Å². The minimum absolute atomic E-state index is 0.0796. The van der Waals surface area contributed by atoms with Crippen molar-refractivity contribution < 1.29 is 19.1 Å². The topological polar surface area (TPSA) is 90.7 Å². The first-order chi connectivity index (χ1) is 10.1. The molecule has 1 aromatic carbocycles. The van der Waals surface area contributed by atoms with E-state index in [4.69, 9.17) is 26.8 Å². The van der Waals surface area contributed by atoms with Gasteiger partial charge in [-0.1, -0.05) is 11.6 Å². The number of esters is 1. The van der Waals surface area contributed by atoms with Gasteiger partial charge in [-0.05, 0) is 31.0 Å². The average molecular weight is 313 g/mol. The van der Waals surface area contributed by atoms with Crippen molar-refractivity contribution in [3.8, 4) is 0 Å². The maximum atomic E-state index is 11.8. The molecule has 1 aromatic rings. The Morgan fingerprint density at radius 3 is 2.76 bits per heavy atom. The maximum Gasteiger partial charge on any atom is 0.338 e. The molecule has 6 nitrogen and oxygen atoms in total. The zero-order valence-corrected chi connectivity index (χ0v) is 12.2. The minimum atomic E-state index is -0.612. The van der Waals surface area contributed by atoms with Crippen LogP contribution in [0.4, 0.5) is 5.69 Å². The summed E-state index contributed by atoms with van der Waals surface area (Å²) in [6, 6.07) is 4.51. The largest absolute Gasteiger partial charge is 0.452 e. The number of hydrogen-bond donors (Lipinski definition) is 2. The molecule has 2 rings (SSSR count). The number of halogens is 1. The normalized spacial score (nSPS) is 15.5. The third-order valence-electron chi connectivity index (χ3n) is 3.16. The van der Waals surface area contributed by atoms with E-state index >= 15 is 0 Å². The molecule has 1 fully saturated rings. The van der Waals surface area contributed by atoms with Crippen LogP contribution in [0.5, 0.6) is 0 Å². The van der Waals surface area contributed by atoms with Crippen LogP contribution in [-0.2, 0) is 14.3 Å². The van der Waals surface area contributed by atoms with Crippen LogP contribution in [0.2, 0.25) is 5.02 Å². The first-order valence-electron chi connectivity index (χ1n) is 6.65. The fourth-order valence-corrected chi connectivity index (χ4v) is 2.16. The van der Waals surface area contributed by atoms with E-state index in [-0.39, 0.29) is 29.1 Å². The van der Waals surface area contributed by atoms with Gasteiger partial charge in [0.25, 0.3) is 5.91 Å². The molecule has 7 heteroatoms. The lowest BCUT2D eigenvalue weighted by molar-refractivity contribution is -0.125. The van der Waals surface area contributed by atoms with E-state index in [9.17, 15) is 9.59 Å². The van der Waals surface area contributed by atoms with Crippen molar-refractivity contribution in [1.82, 2.24) is 5.32 Å². The standard InChI is InChI=1S/C14H17ClN2O4/c15-11-7-9(1-2-12(11)16)14(19)21-8-13(18)17-10-3-5-20-6-4-10/h1-2,7,10H,3-6,8,16H2,(H,17,18). The Balaban J connectivity index is 1.80. The van der Waals surface area contributed by atoms with Gasteiger partial charge in [0.2, 0.25) is 0 Å². The summed E-state index contributed by atoms with van der Waals surface area (Å²) in [5, 5.41) is 3.08. The molecule has 21 heavy (non-hydrogen) atoms. The average Bonchev–Trinajstić information content (AvgIpc) is 2.48. The van der Waals surface area contributed by atoms with Gasteiger partial charge < -0.3 is 20.5 Å². The number of hydrogen-bond acceptors (Lipinski definition) is 5. The highest BCUT2D eigenvalue weighted by molar-refractivity contribution is 6.33. The van der Waals surface area contributed by atoms with Gasteiger partial charge >= 0.3 is 5.97 Å². The molecule has 0 bridgehead atoms. The van der Waals surface area contributed by atoms with E-state index in [0.717, 1.165) is 12.8 Å². The molecule has 0 radical (unpaired) electrons. The van der Waals surface area contributed by atoms with Crippen molar-refractivity contribution in [3.63, 3.8) is 0 Å². The van der Waals surface area contributed by atoms with Gasteiger partial charge in [0.15, 0.2) is 6.61 Å². The van der Waals surface area contributed by atoms with Gasteiger partial charge in [0.1, 0.15) is 0 Å². The van der Waals surface area contributed by atoms with Crippen LogP contribution in [0.15, 0.2) is 18.2 Å². The molecular formula is C14H17ClN2O4. The lowest BCUT2D eigenvalue weighted by Crippen LogP contribution is -2.40. The Labute approximate surface area is 127 Å². The monoisotopic (exact) mass is 312 g/mol. The Kier molecular flexibility index (Phi) is 5.41. The summed E-state index contributed by atoms with van der Waals surface area (Å²) in [6.07, 6.45) is 1.54. The van der Waals surface area contributed by atoms with E-state index in [1.807, 2.05) is 0 Å². The molecule has 1 aliphatic rings. The Hall–Kier alpha value is -1.79. The SMILES string of the molecule is Nc1ccc(C(=O)OCC(=O)NC2CCOCC2)cc1Cl. The summed E-state index contributed by atoms with van der Waals surface area (Å²) in [5.41, 5.74) is 6.19. The first kappa shape index (κ1) is 15.6. The van der Waals surface area contributed by atoms with Crippen LogP contribution in [0, 0.1) is 0 Å². The molecule has 114 valence electrons. The minimum Gasteiger partial charge on any atom is -0.452 e. The van der Waals surface area contributed by atoms with Crippen molar-refractivity contribution in [3.05, 3.63) is 28.8 Å². The van der Waals surface area contributed by atoms with Gasteiger partial charge in [0, 0.05) is 19.3 Å². The molecule has 1 aliphatic heterocycles. The number of anilines is 1. The number of ether oxygens (including phenoxy) is 2. The van der Waals surface area contributed by atoms with Crippen LogP contribution in [0.1, 0.15) is 23.2 Å². The third-order valence-corrected chi connectivity index (χ3v) is 3.48. The molecule has 0 saturated carbocycles. The van der Waals surface area contributed by atoms with E-state index < -0.39 is 5.97 Å². The van der Waals surface area contributed by atoms with Gasteiger partial charge in [-0.25, -0.2) is 4.79 Å². The van der Waals surface area contributed by atoms with Crippen LogP contribution in [-0.4, -0.2) is 37.7 Å². The van der Waals surface area contributed by atoms with Gasteiger partial charge in [-0.3, -0.25) is 4.79 Å².